The Bertz CT molecular complexity index is 1400. The number of carboxylic acid groups (broad SMARTS) is 1. The molecular formula is C30H24ClNO3. The number of hydrogen-bond acceptors (Lipinski definition) is 3. The number of carbonyl (C=O) groups is 1. The zero-order valence-electron chi connectivity index (χ0n) is 18.9. The van der Waals surface area contributed by atoms with E-state index in [1.807, 2.05) is 48.5 Å². The fourth-order valence-corrected chi connectivity index (χ4v) is 5.67. The molecule has 4 nitrogen and oxygen atoms in total. The lowest BCUT2D eigenvalue weighted by atomic mass is 9.75. The Balaban J connectivity index is 1.29. The molecule has 0 bridgehead atoms. The first-order valence-electron chi connectivity index (χ1n) is 11.8. The van der Waals surface area contributed by atoms with Crippen LogP contribution in [0.3, 0.4) is 0 Å². The summed E-state index contributed by atoms with van der Waals surface area (Å²) < 4.78 is 5.98. The molecule has 2 N–H and O–H groups in total. The highest BCUT2D eigenvalue weighted by Crippen LogP contribution is 2.54. The molecule has 0 fully saturated rings. The van der Waals surface area contributed by atoms with Crippen molar-refractivity contribution in [2.45, 2.75) is 25.0 Å². The summed E-state index contributed by atoms with van der Waals surface area (Å²) >= 11 is 5.97. The smallest absolute Gasteiger partial charge is 0.335 e. The van der Waals surface area contributed by atoms with Gasteiger partial charge < -0.3 is 15.2 Å². The van der Waals surface area contributed by atoms with Gasteiger partial charge in [0.15, 0.2) is 0 Å². The molecule has 4 aromatic carbocycles. The molecule has 5 heteroatoms. The molecule has 35 heavy (non-hydrogen) atoms. The number of nitrogens with one attached hydrogen (secondary N) is 1. The van der Waals surface area contributed by atoms with Gasteiger partial charge >= 0.3 is 5.97 Å². The second-order valence-electron chi connectivity index (χ2n) is 9.26. The summed E-state index contributed by atoms with van der Waals surface area (Å²) in [5.41, 5.74) is 7.30. The van der Waals surface area contributed by atoms with Crippen LogP contribution >= 0.6 is 11.6 Å². The maximum Gasteiger partial charge on any atom is 0.335 e. The first kappa shape index (κ1) is 21.8. The number of fused-ring (bicyclic) bond motifs is 5. The highest BCUT2D eigenvalue weighted by Gasteiger charge is 2.43. The van der Waals surface area contributed by atoms with Gasteiger partial charge in [-0.2, -0.15) is 0 Å². The van der Waals surface area contributed by atoms with Crippen LogP contribution in [0.15, 0.2) is 91.0 Å². The van der Waals surface area contributed by atoms with Crippen LogP contribution in [0.5, 0.6) is 5.75 Å². The molecule has 1 aliphatic heterocycles. The fraction of sp³-hybridized carbons (Fsp3) is 0.167. The summed E-state index contributed by atoms with van der Waals surface area (Å²) in [6, 6.07) is 30.1. The van der Waals surface area contributed by atoms with E-state index in [1.165, 1.54) is 16.7 Å². The summed E-state index contributed by atoms with van der Waals surface area (Å²) in [5.74, 6) is 0.376. The average molecular weight is 482 g/mol. The molecule has 0 aromatic heterocycles. The summed E-state index contributed by atoms with van der Waals surface area (Å²) in [6.07, 6.45) is 0.948. The lowest BCUT2D eigenvalue weighted by molar-refractivity contribution is 0.0696. The van der Waals surface area contributed by atoms with E-state index in [0.717, 1.165) is 29.0 Å². The Morgan fingerprint density at radius 1 is 0.943 bits per heavy atom. The first-order chi connectivity index (χ1) is 17.1. The predicted octanol–water partition coefficient (Wildman–Crippen LogP) is 7.09. The van der Waals surface area contributed by atoms with Crippen LogP contribution in [0, 0.1) is 5.92 Å². The van der Waals surface area contributed by atoms with Gasteiger partial charge in [0.2, 0.25) is 0 Å². The molecule has 0 radical (unpaired) electrons. The van der Waals surface area contributed by atoms with Crippen molar-refractivity contribution in [3.63, 3.8) is 0 Å². The third-order valence-corrected chi connectivity index (χ3v) is 7.46. The zero-order valence-corrected chi connectivity index (χ0v) is 19.7. The van der Waals surface area contributed by atoms with Crippen LogP contribution in [0.1, 0.15) is 50.1 Å². The molecule has 1 aliphatic carbocycles. The zero-order chi connectivity index (χ0) is 23.9. The van der Waals surface area contributed by atoms with Crippen LogP contribution in [-0.4, -0.2) is 11.1 Å². The molecule has 174 valence electrons. The van der Waals surface area contributed by atoms with Crippen molar-refractivity contribution < 1.29 is 14.6 Å². The highest BCUT2D eigenvalue weighted by atomic mass is 35.5. The van der Waals surface area contributed by atoms with Crippen molar-refractivity contribution >= 4 is 23.3 Å². The van der Waals surface area contributed by atoms with E-state index in [4.69, 9.17) is 16.3 Å². The summed E-state index contributed by atoms with van der Waals surface area (Å²) in [5, 5.41) is 14.0. The Morgan fingerprint density at radius 2 is 1.71 bits per heavy atom. The number of carboxylic acids is 1. The van der Waals surface area contributed by atoms with Crippen LogP contribution in [0.4, 0.5) is 5.69 Å². The molecule has 0 spiro atoms. The number of ether oxygens (including phenoxy) is 1. The van der Waals surface area contributed by atoms with E-state index in [0.29, 0.717) is 23.1 Å². The molecule has 6 rings (SSSR count). The number of halogens is 1. The standard InChI is InChI=1S/C30H24ClNO3/c31-22-10-5-18(6-11-22)17-35-23-12-7-19(8-13-23)29-26-15-20-3-1-2-4-24(20)28(26)25-16-21(30(33)34)9-14-27(25)32-29/h1-14,16,26,28-29,32H,15,17H2,(H,33,34)/t26-,28-,29-/m0/s1. The fourth-order valence-electron chi connectivity index (χ4n) is 5.54. The number of aromatic carboxylic acids is 1. The van der Waals surface area contributed by atoms with Gasteiger partial charge in [-0.05, 0) is 82.6 Å². The van der Waals surface area contributed by atoms with E-state index >= 15 is 0 Å². The van der Waals surface area contributed by atoms with Crippen molar-refractivity contribution in [2.24, 2.45) is 5.92 Å². The maximum absolute atomic E-state index is 11.7. The predicted molar refractivity (Wildman–Crippen MR) is 137 cm³/mol. The van der Waals surface area contributed by atoms with Crippen molar-refractivity contribution in [3.05, 3.63) is 129 Å². The Labute approximate surface area is 209 Å². The lowest BCUT2D eigenvalue weighted by Gasteiger charge is -2.38. The van der Waals surface area contributed by atoms with Crippen LogP contribution in [-0.2, 0) is 13.0 Å². The van der Waals surface area contributed by atoms with Gasteiger partial charge in [-0.25, -0.2) is 4.79 Å². The number of anilines is 1. The third kappa shape index (κ3) is 4.04. The molecule has 3 atom stereocenters. The SMILES string of the molecule is O=C(O)c1ccc2c(c1)[C@@H]1c3ccccc3C[C@@H]1[C@H](c1ccc(OCc3ccc(Cl)cc3)cc1)N2. The molecule has 0 saturated heterocycles. The molecule has 0 amide bonds. The number of rotatable bonds is 5. The van der Waals surface area contributed by atoms with Gasteiger partial charge in [0.1, 0.15) is 12.4 Å². The van der Waals surface area contributed by atoms with E-state index in [2.05, 4.69) is 41.7 Å². The average Bonchev–Trinajstić information content (AvgIpc) is 3.28. The third-order valence-electron chi connectivity index (χ3n) is 7.20. The molecule has 0 unspecified atom stereocenters. The van der Waals surface area contributed by atoms with Crippen molar-refractivity contribution in [1.82, 2.24) is 0 Å². The van der Waals surface area contributed by atoms with Gasteiger partial charge in [0, 0.05) is 16.6 Å². The molecule has 2 aliphatic rings. The van der Waals surface area contributed by atoms with Crippen molar-refractivity contribution in [2.75, 3.05) is 5.32 Å². The van der Waals surface area contributed by atoms with Gasteiger partial charge in [0.05, 0.1) is 11.6 Å². The number of benzene rings is 4. The minimum absolute atomic E-state index is 0.112. The quantitative estimate of drug-likeness (QED) is 0.319. The molecular weight excluding hydrogens is 458 g/mol. The van der Waals surface area contributed by atoms with E-state index in [-0.39, 0.29) is 12.0 Å². The lowest BCUT2D eigenvalue weighted by Crippen LogP contribution is -2.30. The van der Waals surface area contributed by atoms with Crippen LogP contribution < -0.4 is 10.1 Å². The van der Waals surface area contributed by atoms with E-state index in [9.17, 15) is 9.90 Å². The van der Waals surface area contributed by atoms with E-state index in [1.54, 1.807) is 6.07 Å². The Hall–Kier alpha value is -3.76. The minimum Gasteiger partial charge on any atom is -0.489 e. The summed E-state index contributed by atoms with van der Waals surface area (Å²) in [7, 11) is 0. The molecule has 1 heterocycles. The van der Waals surface area contributed by atoms with E-state index < -0.39 is 5.97 Å². The largest absolute Gasteiger partial charge is 0.489 e. The van der Waals surface area contributed by atoms with Crippen LogP contribution in [0.2, 0.25) is 5.02 Å². The topological polar surface area (TPSA) is 58.6 Å². The van der Waals surface area contributed by atoms with Gasteiger partial charge in [-0.1, -0.05) is 60.1 Å². The normalized spacial score (nSPS) is 19.7. The molecule has 0 saturated carbocycles. The molecule has 4 aromatic rings. The monoisotopic (exact) mass is 481 g/mol. The maximum atomic E-state index is 11.7. The summed E-state index contributed by atoms with van der Waals surface area (Å²) in [6.45, 7) is 0.484. The van der Waals surface area contributed by atoms with Crippen molar-refractivity contribution in [1.29, 1.82) is 0 Å². The number of hydrogen-bond donors (Lipinski definition) is 2. The van der Waals surface area contributed by atoms with Crippen LogP contribution in [0.25, 0.3) is 0 Å². The van der Waals surface area contributed by atoms with Gasteiger partial charge in [0.25, 0.3) is 0 Å². The van der Waals surface area contributed by atoms with Gasteiger partial charge in [-0.3, -0.25) is 0 Å². The minimum atomic E-state index is -0.896. The van der Waals surface area contributed by atoms with Gasteiger partial charge in [-0.15, -0.1) is 0 Å². The Kier molecular flexibility index (Phi) is 5.46. The van der Waals surface area contributed by atoms with Crippen molar-refractivity contribution in [3.8, 4) is 5.75 Å². The summed E-state index contributed by atoms with van der Waals surface area (Å²) in [4.78, 5) is 11.7. The first-order valence-corrected chi connectivity index (χ1v) is 12.1. The second-order valence-corrected chi connectivity index (χ2v) is 9.69. The highest BCUT2D eigenvalue weighted by molar-refractivity contribution is 6.30. The Morgan fingerprint density at radius 3 is 2.49 bits per heavy atom. The second kappa shape index (κ2) is 8.79.